The third-order valence-corrected chi connectivity index (χ3v) is 3.43. The van der Waals surface area contributed by atoms with Crippen molar-refractivity contribution in [2.45, 2.75) is 39.2 Å². The highest BCUT2D eigenvalue weighted by molar-refractivity contribution is 5.54. The first-order chi connectivity index (χ1) is 8.20. The lowest BCUT2D eigenvalue weighted by molar-refractivity contribution is 0.713. The molecule has 94 valence electrons. The van der Waals surface area contributed by atoms with Crippen LogP contribution in [-0.4, -0.2) is 19.1 Å². The van der Waals surface area contributed by atoms with Gasteiger partial charge in [0.1, 0.15) is 0 Å². The number of hydrogen-bond acceptors (Lipinski definition) is 2. The number of para-hydroxylation sites is 1. The second-order valence-corrected chi connectivity index (χ2v) is 5.29. The van der Waals surface area contributed by atoms with Crippen LogP contribution in [0.5, 0.6) is 0 Å². The highest BCUT2D eigenvalue weighted by atomic mass is 15.1. The van der Waals surface area contributed by atoms with E-state index < -0.39 is 0 Å². The number of anilines is 1. The normalized spacial score (nSPS) is 16.9. The Morgan fingerprint density at radius 2 is 2.06 bits per heavy atom. The molecular weight excluding hydrogens is 208 g/mol. The first-order valence-corrected chi connectivity index (χ1v) is 6.79. The van der Waals surface area contributed by atoms with Gasteiger partial charge in [0.2, 0.25) is 0 Å². The van der Waals surface area contributed by atoms with Crippen LogP contribution in [0.3, 0.4) is 0 Å². The minimum atomic E-state index is 0.232. The zero-order valence-corrected chi connectivity index (χ0v) is 11.0. The van der Waals surface area contributed by atoms with Gasteiger partial charge in [0.05, 0.1) is 0 Å². The average molecular weight is 232 g/mol. The Morgan fingerprint density at radius 1 is 1.35 bits per heavy atom. The maximum Gasteiger partial charge on any atom is 0.0399 e. The Bertz CT molecular complexity index is 356. The maximum atomic E-state index is 5.93. The summed E-state index contributed by atoms with van der Waals surface area (Å²) in [6.07, 6.45) is 3.79. The van der Waals surface area contributed by atoms with Gasteiger partial charge < -0.3 is 10.6 Å². The fourth-order valence-corrected chi connectivity index (χ4v) is 2.35. The Balaban J connectivity index is 2.15. The van der Waals surface area contributed by atoms with Crippen molar-refractivity contribution in [1.29, 1.82) is 0 Å². The van der Waals surface area contributed by atoms with Gasteiger partial charge in [0.15, 0.2) is 0 Å². The van der Waals surface area contributed by atoms with Gasteiger partial charge in [-0.25, -0.2) is 0 Å². The first-order valence-electron chi connectivity index (χ1n) is 6.79. The van der Waals surface area contributed by atoms with E-state index in [4.69, 9.17) is 5.73 Å². The molecule has 17 heavy (non-hydrogen) atoms. The molecule has 1 unspecified atom stereocenters. The zero-order chi connectivity index (χ0) is 12.3. The Labute approximate surface area is 105 Å². The molecule has 1 saturated carbocycles. The van der Waals surface area contributed by atoms with Gasteiger partial charge in [-0.3, -0.25) is 0 Å². The van der Waals surface area contributed by atoms with Crippen LogP contribution in [-0.2, 0) is 6.42 Å². The summed E-state index contributed by atoms with van der Waals surface area (Å²) in [5.41, 5.74) is 8.71. The Morgan fingerprint density at radius 3 is 2.65 bits per heavy atom. The van der Waals surface area contributed by atoms with Crippen molar-refractivity contribution in [2.75, 3.05) is 18.0 Å². The molecule has 0 saturated heterocycles. The third-order valence-electron chi connectivity index (χ3n) is 3.43. The summed E-state index contributed by atoms with van der Waals surface area (Å²) in [5, 5.41) is 0. The van der Waals surface area contributed by atoms with E-state index >= 15 is 0 Å². The van der Waals surface area contributed by atoms with Crippen LogP contribution in [0.25, 0.3) is 0 Å². The summed E-state index contributed by atoms with van der Waals surface area (Å²) in [4.78, 5) is 2.51. The molecule has 0 bridgehead atoms. The Hall–Kier alpha value is -1.02. The molecule has 1 aliphatic rings. The molecule has 0 aliphatic heterocycles. The molecule has 2 heteroatoms. The lowest BCUT2D eigenvalue weighted by atomic mass is 10.0. The van der Waals surface area contributed by atoms with E-state index in [-0.39, 0.29) is 6.04 Å². The molecule has 1 atom stereocenters. The standard InChI is InChI=1S/C15H24N2/c1-3-17(11-13-8-9-13)15-7-5-4-6-14(15)10-12(2)16/h4-7,12-13H,3,8-11,16H2,1-2H3. The zero-order valence-electron chi connectivity index (χ0n) is 11.0. The molecule has 2 N–H and O–H groups in total. The van der Waals surface area contributed by atoms with Crippen molar-refractivity contribution in [1.82, 2.24) is 0 Å². The van der Waals surface area contributed by atoms with E-state index in [1.807, 2.05) is 0 Å². The van der Waals surface area contributed by atoms with Crippen molar-refractivity contribution < 1.29 is 0 Å². The van der Waals surface area contributed by atoms with E-state index in [9.17, 15) is 0 Å². The number of rotatable bonds is 6. The SMILES string of the molecule is CCN(CC1CC1)c1ccccc1CC(C)N. The van der Waals surface area contributed by atoms with E-state index in [2.05, 4.69) is 43.0 Å². The molecule has 1 aliphatic carbocycles. The molecule has 1 fully saturated rings. The predicted molar refractivity (Wildman–Crippen MR) is 74.4 cm³/mol. The van der Waals surface area contributed by atoms with Crippen LogP contribution < -0.4 is 10.6 Å². The molecule has 1 aromatic carbocycles. The van der Waals surface area contributed by atoms with Crippen molar-refractivity contribution in [3.05, 3.63) is 29.8 Å². The van der Waals surface area contributed by atoms with Gasteiger partial charge in [-0.05, 0) is 50.7 Å². The molecule has 2 rings (SSSR count). The van der Waals surface area contributed by atoms with Gasteiger partial charge in [0.25, 0.3) is 0 Å². The monoisotopic (exact) mass is 232 g/mol. The van der Waals surface area contributed by atoms with Crippen LogP contribution in [0, 0.1) is 5.92 Å². The fourth-order valence-electron chi connectivity index (χ4n) is 2.35. The van der Waals surface area contributed by atoms with Crippen molar-refractivity contribution >= 4 is 5.69 Å². The fraction of sp³-hybridized carbons (Fsp3) is 0.600. The predicted octanol–water partition coefficient (Wildman–Crippen LogP) is 2.81. The second-order valence-electron chi connectivity index (χ2n) is 5.29. The first kappa shape index (κ1) is 12.4. The van der Waals surface area contributed by atoms with Crippen molar-refractivity contribution in [3.63, 3.8) is 0 Å². The highest BCUT2D eigenvalue weighted by Crippen LogP contribution is 2.32. The van der Waals surface area contributed by atoms with E-state index in [1.54, 1.807) is 0 Å². The molecule has 2 nitrogen and oxygen atoms in total. The molecule has 0 heterocycles. The molecule has 0 amide bonds. The van der Waals surface area contributed by atoms with Crippen LogP contribution in [0.2, 0.25) is 0 Å². The third kappa shape index (κ3) is 3.47. The largest absolute Gasteiger partial charge is 0.371 e. The van der Waals surface area contributed by atoms with Gasteiger partial charge in [-0.2, -0.15) is 0 Å². The maximum absolute atomic E-state index is 5.93. The van der Waals surface area contributed by atoms with Crippen LogP contribution in [0.1, 0.15) is 32.3 Å². The molecule has 1 aromatic rings. The van der Waals surface area contributed by atoms with Crippen LogP contribution in [0.15, 0.2) is 24.3 Å². The summed E-state index contributed by atoms with van der Waals surface area (Å²) < 4.78 is 0. The van der Waals surface area contributed by atoms with Crippen molar-refractivity contribution in [2.24, 2.45) is 11.7 Å². The molecular formula is C15H24N2. The highest BCUT2D eigenvalue weighted by Gasteiger charge is 2.24. The van der Waals surface area contributed by atoms with Gasteiger partial charge in [-0.1, -0.05) is 18.2 Å². The average Bonchev–Trinajstić information content (AvgIpc) is 3.10. The number of nitrogens with two attached hydrogens (primary N) is 1. The van der Waals surface area contributed by atoms with Gasteiger partial charge in [-0.15, -0.1) is 0 Å². The smallest absolute Gasteiger partial charge is 0.0399 e. The van der Waals surface area contributed by atoms with E-state index in [0.29, 0.717) is 0 Å². The summed E-state index contributed by atoms with van der Waals surface area (Å²) in [7, 11) is 0. The number of benzene rings is 1. The van der Waals surface area contributed by atoms with Crippen LogP contribution >= 0.6 is 0 Å². The minimum absolute atomic E-state index is 0.232. The lowest BCUT2D eigenvalue weighted by Crippen LogP contribution is -2.27. The topological polar surface area (TPSA) is 29.3 Å². The summed E-state index contributed by atoms with van der Waals surface area (Å²) in [5.74, 6) is 0.929. The van der Waals surface area contributed by atoms with E-state index in [1.165, 1.54) is 30.6 Å². The molecule has 0 aromatic heterocycles. The van der Waals surface area contributed by atoms with Crippen LogP contribution in [0.4, 0.5) is 5.69 Å². The summed E-state index contributed by atoms with van der Waals surface area (Å²) >= 11 is 0. The van der Waals surface area contributed by atoms with Gasteiger partial charge >= 0.3 is 0 Å². The number of hydrogen-bond donors (Lipinski definition) is 1. The minimum Gasteiger partial charge on any atom is -0.371 e. The Kier molecular flexibility index (Phi) is 4.06. The molecule has 0 spiro atoms. The van der Waals surface area contributed by atoms with Crippen molar-refractivity contribution in [3.8, 4) is 0 Å². The lowest BCUT2D eigenvalue weighted by Gasteiger charge is -2.26. The number of nitrogens with zero attached hydrogens (tertiary/aromatic N) is 1. The molecule has 0 radical (unpaired) electrons. The second kappa shape index (κ2) is 5.54. The van der Waals surface area contributed by atoms with E-state index in [0.717, 1.165) is 18.9 Å². The van der Waals surface area contributed by atoms with Gasteiger partial charge in [0, 0.05) is 24.8 Å². The summed E-state index contributed by atoms with van der Waals surface area (Å²) in [6, 6.07) is 8.94. The quantitative estimate of drug-likeness (QED) is 0.817. The summed E-state index contributed by atoms with van der Waals surface area (Å²) in [6.45, 7) is 6.62.